The molecule has 3 aromatic rings. The second-order valence-corrected chi connectivity index (χ2v) is 5.18. The van der Waals surface area contributed by atoms with Crippen molar-refractivity contribution in [2.45, 2.75) is 0 Å². The van der Waals surface area contributed by atoms with Crippen molar-refractivity contribution in [2.75, 3.05) is 12.1 Å². The Bertz CT molecular complexity index is 684. The average Bonchev–Trinajstić information content (AvgIpc) is 3.16. The predicted molar refractivity (Wildman–Crippen MR) is 85.7 cm³/mol. The molecule has 0 N–H and O–H groups in total. The highest BCUT2D eigenvalue weighted by Gasteiger charge is 2.04. The van der Waals surface area contributed by atoms with Gasteiger partial charge in [-0.05, 0) is 52.7 Å². The molecule has 0 unspecified atom stereocenters. The summed E-state index contributed by atoms with van der Waals surface area (Å²) < 4.78 is 2.11. The third kappa shape index (κ3) is 2.65. The maximum Gasteiger partial charge on any atom is 0.0626 e. The van der Waals surface area contributed by atoms with Gasteiger partial charge in [0.05, 0.1) is 11.4 Å². The fourth-order valence-electron chi connectivity index (χ4n) is 2.03. The Hall–Kier alpha value is -2.33. The number of hydrogen-bond acceptors (Lipinski definition) is 3. The number of nitrogens with zero attached hydrogens (tertiary/aromatic N) is 3. The van der Waals surface area contributed by atoms with E-state index >= 15 is 0 Å². The lowest BCUT2D eigenvalue weighted by atomic mass is 10.3. The van der Waals surface area contributed by atoms with Crippen LogP contribution in [0.5, 0.6) is 0 Å². The molecule has 0 spiro atoms. The van der Waals surface area contributed by atoms with E-state index in [1.807, 2.05) is 31.4 Å². The normalized spacial score (nSPS) is 11.1. The van der Waals surface area contributed by atoms with Crippen molar-refractivity contribution in [1.29, 1.82) is 0 Å². The molecule has 4 heteroatoms. The summed E-state index contributed by atoms with van der Waals surface area (Å²) in [5.41, 5.74) is 3.46. The quantitative estimate of drug-likeness (QED) is 0.720. The molecule has 3 aromatic heterocycles. The molecular formula is C16H15N3S. The van der Waals surface area contributed by atoms with Crippen LogP contribution in [0.3, 0.4) is 0 Å². The van der Waals surface area contributed by atoms with E-state index in [4.69, 9.17) is 0 Å². The Balaban J connectivity index is 1.87. The van der Waals surface area contributed by atoms with Crippen molar-refractivity contribution >= 4 is 29.2 Å². The standard InChI is InChI=1S/C16H15N3S/c1-18(15-6-9-17-10-7-15)19-11-2-3-16(19)5-4-14-8-12-20-13-14/h2-13H,1H3. The third-order valence-electron chi connectivity index (χ3n) is 3.11. The molecule has 0 aliphatic heterocycles. The molecule has 100 valence electrons. The van der Waals surface area contributed by atoms with Crippen LogP contribution in [0, 0.1) is 0 Å². The van der Waals surface area contributed by atoms with E-state index < -0.39 is 0 Å². The van der Waals surface area contributed by atoms with Crippen LogP contribution in [0.25, 0.3) is 12.2 Å². The molecule has 3 nitrogen and oxygen atoms in total. The number of thiophene rings is 1. The summed E-state index contributed by atoms with van der Waals surface area (Å²) >= 11 is 1.71. The second-order valence-electron chi connectivity index (χ2n) is 4.40. The van der Waals surface area contributed by atoms with E-state index in [0.717, 1.165) is 11.4 Å². The number of pyridine rings is 1. The van der Waals surface area contributed by atoms with Gasteiger partial charge in [-0.15, -0.1) is 0 Å². The monoisotopic (exact) mass is 281 g/mol. The first kappa shape index (κ1) is 12.7. The van der Waals surface area contributed by atoms with E-state index in [0.29, 0.717) is 0 Å². The van der Waals surface area contributed by atoms with Crippen LogP contribution in [0.15, 0.2) is 59.7 Å². The lowest BCUT2D eigenvalue weighted by Gasteiger charge is -2.22. The summed E-state index contributed by atoms with van der Waals surface area (Å²) in [4.78, 5) is 4.05. The molecule has 0 fully saturated rings. The lowest BCUT2D eigenvalue weighted by Crippen LogP contribution is -2.24. The average molecular weight is 281 g/mol. The van der Waals surface area contributed by atoms with Crippen molar-refractivity contribution in [3.8, 4) is 0 Å². The Morgan fingerprint density at radius 3 is 2.75 bits per heavy atom. The highest BCUT2D eigenvalue weighted by Crippen LogP contribution is 2.16. The number of anilines is 1. The van der Waals surface area contributed by atoms with Crippen LogP contribution in [0.2, 0.25) is 0 Å². The number of rotatable bonds is 4. The third-order valence-corrected chi connectivity index (χ3v) is 3.81. The molecule has 3 rings (SSSR count). The SMILES string of the molecule is CN(c1ccncc1)n1cccc1C=Cc1ccsc1. The Morgan fingerprint density at radius 2 is 2.00 bits per heavy atom. The van der Waals surface area contributed by atoms with Gasteiger partial charge in [0.25, 0.3) is 0 Å². The molecule has 0 atom stereocenters. The topological polar surface area (TPSA) is 21.1 Å². The Kier molecular flexibility index (Phi) is 3.65. The van der Waals surface area contributed by atoms with Gasteiger partial charge in [0, 0.05) is 25.6 Å². The minimum absolute atomic E-state index is 1.10. The van der Waals surface area contributed by atoms with Crippen LogP contribution < -0.4 is 5.01 Å². The zero-order valence-electron chi connectivity index (χ0n) is 11.2. The molecule has 0 saturated carbocycles. The van der Waals surface area contributed by atoms with E-state index in [1.54, 1.807) is 23.7 Å². The van der Waals surface area contributed by atoms with Gasteiger partial charge in [-0.3, -0.25) is 14.7 Å². The van der Waals surface area contributed by atoms with Gasteiger partial charge in [0.1, 0.15) is 0 Å². The molecule has 20 heavy (non-hydrogen) atoms. The van der Waals surface area contributed by atoms with Crippen LogP contribution in [-0.4, -0.2) is 16.7 Å². The minimum Gasteiger partial charge on any atom is -0.284 e. The minimum atomic E-state index is 1.10. The first-order valence-electron chi connectivity index (χ1n) is 6.36. The summed E-state index contributed by atoms with van der Waals surface area (Å²) in [5, 5.41) is 6.31. The van der Waals surface area contributed by atoms with Crippen molar-refractivity contribution < 1.29 is 0 Å². The molecule has 0 amide bonds. The number of aromatic nitrogens is 2. The summed E-state index contributed by atoms with van der Waals surface area (Å²) in [6.07, 6.45) is 9.91. The van der Waals surface area contributed by atoms with Gasteiger partial charge in [0.2, 0.25) is 0 Å². The zero-order chi connectivity index (χ0) is 13.8. The highest BCUT2D eigenvalue weighted by atomic mass is 32.1. The lowest BCUT2D eigenvalue weighted by molar-refractivity contribution is 0.772. The summed E-state index contributed by atoms with van der Waals surface area (Å²) in [7, 11) is 2.04. The van der Waals surface area contributed by atoms with E-state index in [-0.39, 0.29) is 0 Å². The van der Waals surface area contributed by atoms with Crippen molar-refractivity contribution in [1.82, 2.24) is 9.66 Å². The second kappa shape index (κ2) is 5.75. The molecule has 0 aromatic carbocycles. The fraction of sp³-hybridized carbons (Fsp3) is 0.0625. The summed E-state index contributed by atoms with van der Waals surface area (Å²) in [6, 6.07) is 10.2. The van der Waals surface area contributed by atoms with Gasteiger partial charge in [0.15, 0.2) is 0 Å². The van der Waals surface area contributed by atoms with Crippen molar-refractivity contribution in [2.24, 2.45) is 0 Å². The van der Waals surface area contributed by atoms with E-state index in [9.17, 15) is 0 Å². The van der Waals surface area contributed by atoms with E-state index in [1.165, 1.54) is 5.56 Å². The summed E-state index contributed by atoms with van der Waals surface area (Å²) in [6.45, 7) is 0. The maximum absolute atomic E-state index is 4.05. The van der Waals surface area contributed by atoms with E-state index in [2.05, 4.69) is 49.7 Å². The molecule has 0 aliphatic rings. The molecule has 0 aliphatic carbocycles. The summed E-state index contributed by atoms with van der Waals surface area (Å²) in [5.74, 6) is 0. The van der Waals surface area contributed by atoms with Gasteiger partial charge in [-0.2, -0.15) is 11.3 Å². The molecule has 0 bridgehead atoms. The Labute approximate surface area is 122 Å². The first-order chi connectivity index (χ1) is 9.84. The van der Waals surface area contributed by atoms with Crippen LogP contribution in [-0.2, 0) is 0 Å². The highest BCUT2D eigenvalue weighted by molar-refractivity contribution is 7.08. The number of hydrogen-bond donors (Lipinski definition) is 0. The van der Waals surface area contributed by atoms with Crippen LogP contribution in [0.4, 0.5) is 5.69 Å². The predicted octanol–water partition coefficient (Wildman–Crippen LogP) is 4.01. The maximum atomic E-state index is 4.05. The fourth-order valence-corrected chi connectivity index (χ4v) is 2.65. The van der Waals surface area contributed by atoms with Gasteiger partial charge in [-0.25, -0.2) is 0 Å². The first-order valence-corrected chi connectivity index (χ1v) is 7.30. The molecule has 0 saturated heterocycles. The van der Waals surface area contributed by atoms with Gasteiger partial charge < -0.3 is 0 Å². The van der Waals surface area contributed by atoms with Crippen molar-refractivity contribution in [3.63, 3.8) is 0 Å². The van der Waals surface area contributed by atoms with Crippen LogP contribution in [0.1, 0.15) is 11.3 Å². The Morgan fingerprint density at radius 1 is 1.15 bits per heavy atom. The van der Waals surface area contributed by atoms with Gasteiger partial charge in [-0.1, -0.05) is 6.08 Å². The molecular weight excluding hydrogens is 266 g/mol. The molecule has 3 heterocycles. The van der Waals surface area contributed by atoms with Gasteiger partial charge >= 0.3 is 0 Å². The largest absolute Gasteiger partial charge is 0.284 e. The van der Waals surface area contributed by atoms with Crippen LogP contribution >= 0.6 is 11.3 Å². The van der Waals surface area contributed by atoms with Crippen molar-refractivity contribution in [3.05, 3.63) is 70.9 Å². The zero-order valence-corrected chi connectivity index (χ0v) is 12.0. The smallest absolute Gasteiger partial charge is 0.0626 e. The molecule has 0 radical (unpaired) electrons.